The van der Waals surface area contributed by atoms with Crippen molar-refractivity contribution in [3.63, 3.8) is 0 Å². The number of benzene rings is 1. The Kier molecular flexibility index (Phi) is 10.0. The van der Waals surface area contributed by atoms with E-state index in [1.807, 2.05) is 24.3 Å². The second-order valence-corrected chi connectivity index (χ2v) is 9.81. The number of hydrogen-bond donors (Lipinski definition) is 2. The van der Waals surface area contributed by atoms with Crippen molar-refractivity contribution in [2.75, 3.05) is 47.9 Å². The Morgan fingerprint density at radius 3 is 2.50 bits per heavy atom. The van der Waals surface area contributed by atoms with Gasteiger partial charge in [-0.1, -0.05) is 13.0 Å². The molecule has 1 aromatic carbocycles. The van der Waals surface area contributed by atoms with Crippen LogP contribution >= 0.6 is 24.8 Å². The molecule has 0 spiro atoms. The lowest BCUT2D eigenvalue weighted by molar-refractivity contribution is -0.117. The lowest BCUT2D eigenvalue weighted by Gasteiger charge is -2.29. The molecule has 2 aliphatic rings. The van der Waals surface area contributed by atoms with Gasteiger partial charge in [-0.2, -0.15) is 0 Å². The van der Waals surface area contributed by atoms with Crippen molar-refractivity contribution in [2.24, 2.45) is 11.8 Å². The highest BCUT2D eigenvalue weighted by atomic mass is 35.5. The molecule has 0 aromatic heterocycles. The Balaban J connectivity index is 0.00000196. The molecule has 2 aliphatic heterocycles. The Hall–Kier alpha value is -1.02. The van der Waals surface area contributed by atoms with Crippen LogP contribution in [-0.4, -0.2) is 52.0 Å². The molecule has 0 saturated carbocycles. The van der Waals surface area contributed by atoms with Gasteiger partial charge in [0, 0.05) is 30.9 Å². The molecular weight excluding hydrogens is 421 g/mol. The van der Waals surface area contributed by atoms with E-state index in [9.17, 15) is 13.2 Å². The Morgan fingerprint density at radius 1 is 1.21 bits per heavy atom. The van der Waals surface area contributed by atoms with Crippen LogP contribution in [0.4, 0.5) is 11.4 Å². The van der Waals surface area contributed by atoms with Crippen molar-refractivity contribution in [3.05, 3.63) is 24.3 Å². The lowest BCUT2D eigenvalue weighted by atomic mass is 9.84. The molecule has 3 rings (SSSR count). The average molecular weight is 452 g/mol. The van der Waals surface area contributed by atoms with Crippen LogP contribution in [0.3, 0.4) is 0 Å². The summed E-state index contributed by atoms with van der Waals surface area (Å²) in [5.41, 5.74) is 1.74. The van der Waals surface area contributed by atoms with E-state index in [2.05, 4.69) is 22.5 Å². The summed E-state index contributed by atoms with van der Waals surface area (Å²) >= 11 is 0. The van der Waals surface area contributed by atoms with Gasteiger partial charge in [-0.15, -0.1) is 24.8 Å². The molecule has 1 atom stereocenters. The maximum Gasteiger partial charge on any atom is 0.224 e. The minimum absolute atomic E-state index is 0. The van der Waals surface area contributed by atoms with Gasteiger partial charge >= 0.3 is 0 Å². The van der Waals surface area contributed by atoms with Crippen LogP contribution in [0.5, 0.6) is 0 Å². The van der Waals surface area contributed by atoms with E-state index in [0.717, 1.165) is 37.3 Å². The third-order valence-corrected chi connectivity index (χ3v) is 7.14. The summed E-state index contributed by atoms with van der Waals surface area (Å²) in [5.74, 6) is 1.43. The highest BCUT2D eigenvalue weighted by Crippen LogP contribution is 2.26. The van der Waals surface area contributed by atoms with E-state index < -0.39 is 9.84 Å². The van der Waals surface area contributed by atoms with E-state index in [1.165, 1.54) is 0 Å². The summed E-state index contributed by atoms with van der Waals surface area (Å²) in [5, 5.41) is 6.37. The summed E-state index contributed by atoms with van der Waals surface area (Å²) in [6.45, 7) is 5.27. The highest BCUT2D eigenvalue weighted by molar-refractivity contribution is 7.91. The summed E-state index contributed by atoms with van der Waals surface area (Å²) in [4.78, 5) is 14.5. The lowest BCUT2D eigenvalue weighted by Crippen LogP contribution is -2.40. The van der Waals surface area contributed by atoms with Crippen LogP contribution in [0.25, 0.3) is 0 Å². The number of carbonyl (C=O) groups is 1. The maximum atomic E-state index is 12.4. The van der Waals surface area contributed by atoms with Gasteiger partial charge in [0.1, 0.15) is 0 Å². The van der Waals surface area contributed by atoms with Crippen molar-refractivity contribution in [1.29, 1.82) is 0 Å². The average Bonchev–Trinajstić information content (AvgIpc) is 2.62. The first-order valence-corrected chi connectivity index (χ1v) is 11.3. The van der Waals surface area contributed by atoms with Crippen molar-refractivity contribution in [2.45, 2.75) is 26.2 Å². The van der Waals surface area contributed by atoms with Crippen LogP contribution in [0.2, 0.25) is 0 Å². The SMILES string of the molecule is CC(CC(=O)Nc1cccc(N2CCS(=O)(=O)CC2)c1)C1CCNCC1.Cl.Cl. The first-order valence-electron chi connectivity index (χ1n) is 9.49. The number of hydrogen-bond acceptors (Lipinski definition) is 5. The molecule has 2 fully saturated rings. The van der Waals surface area contributed by atoms with E-state index >= 15 is 0 Å². The highest BCUT2D eigenvalue weighted by Gasteiger charge is 2.23. The fourth-order valence-corrected chi connectivity index (χ4v) is 5.04. The van der Waals surface area contributed by atoms with Crippen LogP contribution < -0.4 is 15.5 Å². The Bertz CT molecular complexity index is 726. The van der Waals surface area contributed by atoms with Gasteiger partial charge in [-0.05, 0) is 56.0 Å². The first kappa shape index (κ1) is 25.0. The quantitative estimate of drug-likeness (QED) is 0.719. The fourth-order valence-electron chi connectivity index (χ4n) is 3.84. The molecule has 2 N–H and O–H groups in total. The predicted octanol–water partition coefficient (Wildman–Crippen LogP) is 2.73. The molecule has 6 nitrogen and oxygen atoms in total. The number of nitrogens with zero attached hydrogens (tertiary/aromatic N) is 1. The van der Waals surface area contributed by atoms with Crippen molar-refractivity contribution < 1.29 is 13.2 Å². The number of piperidine rings is 1. The normalized spacial score (nSPS) is 20.4. The minimum Gasteiger partial charge on any atom is -0.369 e. The number of carbonyl (C=O) groups excluding carboxylic acids is 1. The van der Waals surface area contributed by atoms with Crippen LogP contribution in [0.1, 0.15) is 26.2 Å². The maximum absolute atomic E-state index is 12.4. The second-order valence-electron chi connectivity index (χ2n) is 7.51. The molecule has 2 saturated heterocycles. The summed E-state index contributed by atoms with van der Waals surface area (Å²) in [6, 6.07) is 7.69. The molecule has 1 amide bonds. The van der Waals surface area contributed by atoms with Gasteiger partial charge in [0.05, 0.1) is 11.5 Å². The Morgan fingerprint density at radius 2 is 1.86 bits per heavy atom. The van der Waals surface area contributed by atoms with Crippen LogP contribution in [-0.2, 0) is 14.6 Å². The number of amides is 1. The molecular formula is C19H31Cl2N3O3S. The third kappa shape index (κ3) is 7.10. The van der Waals surface area contributed by atoms with Crippen LogP contribution in [0.15, 0.2) is 24.3 Å². The molecule has 28 heavy (non-hydrogen) atoms. The van der Waals surface area contributed by atoms with Gasteiger partial charge < -0.3 is 15.5 Å². The second kappa shape index (κ2) is 11.2. The van der Waals surface area contributed by atoms with Gasteiger partial charge in [0.2, 0.25) is 5.91 Å². The molecule has 1 aromatic rings. The molecule has 0 bridgehead atoms. The number of sulfone groups is 1. The summed E-state index contributed by atoms with van der Waals surface area (Å²) < 4.78 is 23.2. The van der Waals surface area contributed by atoms with Crippen molar-refractivity contribution >= 4 is 51.9 Å². The molecule has 1 unspecified atom stereocenters. The minimum atomic E-state index is -2.89. The van der Waals surface area contributed by atoms with Gasteiger partial charge in [-0.25, -0.2) is 8.42 Å². The van der Waals surface area contributed by atoms with Crippen molar-refractivity contribution in [3.8, 4) is 0 Å². The first-order chi connectivity index (χ1) is 12.4. The molecule has 0 radical (unpaired) electrons. The molecule has 0 aliphatic carbocycles. The zero-order valence-electron chi connectivity index (χ0n) is 16.2. The van der Waals surface area contributed by atoms with Gasteiger partial charge in [-0.3, -0.25) is 4.79 Å². The van der Waals surface area contributed by atoms with E-state index in [4.69, 9.17) is 0 Å². The third-order valence-electron chi connectivity index (χ3n) is 5.54. The van der Waals surface area contributed by atoms with Crippen LogP contribution in [0, 0.1) is 11.8 Å². The predicted molar refractivity (Wildman–Crippen MR) is 120 cm³/mol. The van der Waals surface area contributed by atoms with Gasteiger partial charge in [0.25, 0.3) is 0 Å². The summed E-state index contributed by atoms with van der Waals surface area (Å²) in [6.07, 6.45) is 2.82. The summed E-state index contributed by atoms with van der Waals surface area (Å²) in [7, 11) is -2.89. The van der Waals surface area contributed by atoms with E-state index in [0.29, 0.717) is 31.3 Å². The van der Waals surface area contributed by atoms with Crippen molar-refractivity contribution in [1.82, 2.24) is 5.32 Å². The smallest absolute Gasteiger partial charge is 0.224 e. The largest absolute Gasteiger partial charge is 0.369 e. The molecule has 160 valence electrons. The molecule has 9 heteroatoms. The zero-order valence-corrected chi connectivity index (χ0v) is 18.7. The fraction of sp³-hybridized carbons (Fsp3) is 0.632. The standard InChI is InChI=1S/C19H29N3O3S.2ClH/c1-15(16-5-7-20-8-6-16)13-19(23)21-17-3-2-4-18(14-17)22-9-11-26(24,25)12-10-22;;/h2-4,14-16,20H,5-13H2,1H3,(H,21,23);2*1H. The topological polar surface area (TPSA) is 78.5 Å². The monoisotopic (exact) mass is 451 g/mol. The number of anilines is 2. The van der Waals surface area contributed by atoms with Gasteiger partial charge in [0.15, 0.2) is 9.84 Å². The number of nitrogens with one attached hydrogen (secondary N) is 2. The Labute approximate surface area is 180 Å². The van der Waals surface area contributed by atoms with E-state index in [1.54, 1.807) is 0 Å². The number of rotatable bonds is 5. The molecule has 2 heterocycles. The van der Waals surface area contributed by atoms with E-state index in [-0.39, 0.29) is 42.2 Å². The zero-order chi connectivity index (χ0) is 18.6. The number of halogens is 2.